The summed E-state index contributed by atoms with van der Waals surface area (Å²) in [4.78, 5) is 7.67. The Bertz CT molecular complexity index is 495. The lowest BCUT2D eigenvalue weighted by molar-refractivity contribution is 0.455. The van der Waals surface area contributed by atoms with E-state index < -0.39 is 0 Å². The maximum atomic E-state index is 9.26. The first kappa shape index (κ1) is 10.3. The molecule has 0 aliphatic carbocycles. The van der Waals surface area contributed by atoms with E-state index in [1.807, 2.05) is 19.1 Å². The van der Waals surface area contributed by atoms with Gasteiger partial charge in [-0.25, -0.2) is 4.98 Å². The smallest absolute Gasteiger partial charge is 0.239 e. The predicted octanol–water partition coefficient (Wildman–Crippen LogP) is 1.28. The first-order chi connectivity index (χ1) is 7.65. The molecular formula is C10H12N4O2. The first-order valence-corrected chi connectivity index (χ1v) is 4.76. The van der Waals surface area contributed by atoms with Crippen LogP contribution in [0.25, 0.3) is 0 Å². The van der Waals surface area contributed by atoms with Crippen molar-refractivity contribution in [3.8, 4) is 5.88 Å². The summed E-state index contributed by atoms with van der Waals surface area (Å²) in [5.41, 5.74) is 5.53. The van der Waals surface area contributed by atoms with Gasteiger partial charge in [0.15, 0.2) is 0 Å². The van der Waals surface area contributed by atoms with E-state index >= 15 is 0 Å². The molecule has 0 saturated carbocycles. The SMILES string of the molecule is Cc1ccc(CNc2ncc(N)c(O)n2)o1. The standard InChI is InChI=1S/C10H12N4O2/c1-6-2-3-7(16-6)4-12-10-13-5-8(11)9(15)14-10/h2-3,5H,4,11H2,1H3,(H2,12,13,14,15). The molecule has 0 aliphatic heterocycles. The largest absolute Gasteiger partial charge is 0.492 e. The van der Waals surface area contributed by atoms with Gasteiger partial charge in [-0.3, -0.25) is 0 Å². The van der Waals surface area contributed by atoms with Gasteiger partial charge in [0.2, 0.25) is 11.8 Å². The first-order valence-electron chi connectivity index (χ1n) is 4.76. The molecule has 0 fully saturated rings. The molecule has 0 amide bonds. The highest BCUT2D eigenvalue weighted by molar-refractivity contribution is 5.47. The van der Waals surface area contributed by atoms with E-state index in [9.17, 15) is 5.11 Å². The molecule has 16 heavy (non-hydrogen) atoms. The zero-order valence-corrected chi connectivity index (χ0v) is 8.77. The lowest BCUT2D eigenvalue weighted by Crippen LogP contribution is -2.03. The Morgan fingerprint density at radius 1 is 1.50 bits per heavy atom. The molecule has 0 atom stereocenters. The Morgan fingerprint density at radius 2 is 2.31 bits per heavy atom. The van der Waals surface area contributed by atoms with Crippen molar-refractivity contribution >= 4 is 11.6 Å². The number of furan rings is 1. The van der Waals surface area contributed by atoms with Crippen LogP contribution in [0, 0.1) is 6.92 Å². The van der Waals surface area contributed by atoms with Crippen molar-refractivity contribution in [2.24, 2.45) is 0 Å². The van der Waals surface area contributed by atoms with Crippen LogP contribution in [0.1, 0.15) is 11.5 Å². The third-order valence-corrected chi connectivity index (χ3v) is 2.01. The summed E-state index contributed by atoms with van der Waals surface area (Å²) < 4.78 is 5.35. The number of nitrogens with one attached hydrogen (secondary N) is 1. The van der Waals surface area contributed by atoms with Crippen molar-refractivity contribution in [1.82, 2.24) is 9.97 Å². The van der Waals surface area contributed by atoms with Crippen LogP contribution in [0.5, 0.6) is 5.88 Å². The lowest BCUT2D eigenvalue weighted by Gasteiger charge is -2.03. The Kier molecular flexibility index (Phi) is 2.63. The molecule has 6 heteroatoms. The van der Waals surface area contributed by atoms with Crippen LogP contribution < -0.4 is 11.1 Å². The van der Waals surface area contributed by atoms with Crippen LogP contribution in [0.15, 0.2) is 22.7 Å². The average Bonchev–Trinajstić information content (AvgIpc) is 2.66. The number of anilines is 2. The number of rotatable bonds is 3. The zero-order valence-electron chi connectivity index (χ0n) is 8.77. The minimum absolute atomic E-state index is 0.152. The molecule has 6 nitrogen and oxygen atoms in total. The minimum Gasteiger partial charge on any atom is -0.492 e. The highest BCUT2D eigenvalue weighted by Crippen LogP contribution is 2.16. The second-order valence-corrected chi connectivity index (χ2v) is 3.34. The molecule has 0 radical (unpaired) electrons. The molecule has 0 unspecified atom stereocenters. The number of nitrogens with zero attached hydrogens (tertiary/aromatic N) is 2. The van der Waals surface area contributed by atoms with Crippen LogP contribution in [0.4, 0.5) is 11.6 Å². The summed E-state index contributed by atoms with van der Waals surface area (Å²) in [5, 5.41) is 12.2. The van der Waals surface area contributed by atoms with Gasteiger partial charge in [-0.1, -0.05) is 0 Å². The fourth-order valence-corrected chi connectivity index (χ4v) is 1.21. The summed E-state index contributed by atoms with van der Waals surface area (Å²) in [6, 6.07) is 3.73. The molecule has 0 spiro atoms. The Hall–Kier alpha value is -2.24. The van der Waals surface area contributed by atoms with E-state index in [-0.39, 0.29) is 11.6 Å². The van der Waals surface area contributed by atoms with Gasteiger partial charge in [-0.05, 0) is 19.1 Å². The van der Waals surface area contributed by atoms with Crippen molar-refractivity contribution in [1.29, 1.82) is 0 Å². The molecule has 0 aliphatic rings. The normalized spacial score (nSPS) is 10.3. The zero-order chi connectivity index (χ0) is 11.5. The molecule has 2 aromatic heterocycles. The second-order valence-electron chi connectivity index (χ2n) is 3.34. The lowest BCUT2D eigenvalue weighted by atomic mass is 10.4. The monoisotopic (exact) mass is 220 g/mol. The number of nitrogen functional groups attached to an aromatic ring is 1. The van der Waals surface area contributed by atoms with Gasteiger partial charge in [0.25, 0.3) is 0 Å². The molecule has 0 aromatic carbocycles. The van der Waals surface area contributed by atoms with Crippen molar-refractivity contribution in [3.63, 3.8) is 0 Å². The van der Waals surface area contributed by atoms with Crippen molar-refractivity contribution in [2.45, 2.75) is 13.5 Å². The van der Waals surface area contributed by atoms with Crippen LogP contribution in [0.2, 0.25) is 0 Å². The quantitative estimate of drug-likeness (QED) is 0.720. The minimum atomic E-state index is -0.229. The number of hydrogen-bond acceptors (Lipinski definition) is 6. The average molecular weight is 220 g/mol. The van der Waals surface area contributed by atoms with Gasteiger partial charge in [0.05, 0.1) is 12.7 Å². The van der Waals surface area contributed by atoms with Crippen molar-refractivity contribution in [2.75, 3.05) is 11.1 Å². The van der Waals surface area contributed by atoms with Crippen LogP contribution in [0.3, 0.4) is 0 Å². The van der Waals surface area contributed by atoms with Crippen LogP contribution in [-0.2, 0) is 6.54 Å². The number of aromatic nitrogens is 2. The predicted molar refractivity (Wildman–Crippen MR) is 58.9 cm³/mol. The molecule has 4 N–H and O–H groups in total. The van der Waals surface area contributed by atoms with E-state index in [1.54, 1.807) is 0 Å². The third-order valence-electron chi connectivity index (χ3n) is 2.01. The van der Waals surface area contributed by atoms with E-state index in [0.717, 1.165) is 11.5 Å². The number of aryl methyl sites for hydroxylation is 1. The van der Waals surface area contributed by atoms with Gasteiger partial charge in [-0.15, -0.1) is 0 Å². The Labute approximate surface area is 92.1 Å². The van der Waals surface area contributed by atoms with Crippen molar-refractivity contribution < 1.29 is 9.52 Å². The van der Waals surface area contributed by atoms with E-state index in [2.05, 4.69) is 15.3 Å². The fourth-order valence-electron chi connectivity index (χ4n) is 1.21. The topological polar surface area (TPSA) is 97.2 Å². The molecule has 0 bridgehead atoms. The van der Waals surface area contributed by atoms with Crippen LogP contribution >= 0.6 is 0 Å². The molecular weight excluding hydrogens is 208 g/mol. The maximum absolute atomic E-state index is 9.26. The highest BCUT2D eigenvalue weighted by Gasteiger charge is 2.03. The molecule has 0 saturated heterocycles. The number of nitrogens with two attached hydrogens (primary N) is 1. The molecule has 84 valence electrons. The van der Waals surface area contributed by atoms with Crippen LogP contribution in [-0.4, -0.2) is 15.1 Å². The van der Waals surface area contributed by atoms with Gasteiger partial charge in [0.1, 0.15) is 17.2 Å². The highest BCUT2D eigenvalue weighted by atomic mass is 16.3. The summed E-state index contributed by atoms with van der Waals surface area (Å²) in [5.74, 6) is 1.70. The fraction of sp³-hybridized carbons (Fsp3) is 0.200. The molecule has 2 heterocycles. The summed E-state index contributed by atoms with van der Waals surface area (Å²) in [6.45, 7) is 2.33. The van der Waals surface area contributed by atoms with Gasteiger partial charge < -0.3 is 20.6 Å². The second kappa shape index (κ2) is 4.09. The number of aromatic hydroxyl groups is 1. The summed E-state index contributed by atoms with van der Waals surface area (Å²) in [6.07, 6.45) is 1.35. The van der Waals surface area contributed by atoms with Crippen molar-refractivity contribution in [3.05, 3.63) is 29.9 Å². The van der Waals surface area contributed by atoms with Gasteiger partial charge in [0, 0.05) is 0 Å². The maximum Gasteiger partial charge on any atom is 0.239 e. The third kappa shape index (κ3) is 2.22. The van der Waals surface area contributed by atoms with E-state index in [1.165, 1.54) is 6.20 Å². The van der Waals surface area contributed by atoms with Gasteiger partial charge in [-0.2, -0.15) is 4.98 Å². The number of hydrogen-bond donors (Lipinski definition) is 3. The van der Waals surface area contributed by atoms with Gasteiger partial charge >= 0.3 is 0 Å². The summed E-state index contributed by atoms with van der Waals surface area (Å²) in [7, 11) is 0. The van der Waals surface area contributed by atoms with E-state index in [4.69, 9.17) is 10.2 Å². The Morgan fingerprint density at radius 3 is 2.94 bits per heavy atom. The molecule has 2 aromatic rings. The van der Waals surface area contributed by atoms with E-state index in [0.29, 0.717) is 12.5 Å². The Balaban J connectivity index is 2.02. The molecule has 2 rings (SSSR count). The summed E-state index contributed by atoms with van der Waals surface area (Å²) >= 11 is 0.